The van der Waals surface area contributed by atoms with Crippen molar-refractivity contribution in [2.75, 3.05) is 13.7 Å². The lowest BCUT2D eigenvalue weighted by Crippen LogP contribution is -2.27. The fourth-order valence-electron chi connectivity index (χ4n) is 2.32. The number of halogens is 6. The van der Waals surface area contributed by atoms with Crippen molar-refractivity contribution in [1.82, 2.24) is 14.5 Å². The number of hydrogen-bond donors (Lipinski definition) is 0. The van der Waals surface area contributed by atoms with Gasteiger partial charge in [-0.1, -0.05) is 0 Å². The highest BCUT2D eigenvalue weighted by atomic mass is 35.5. The molecule has 0 fully saturated rings. The zero-order valence-electron chi connectivity index (χ0n) is 14.2. The SMILES string of the molecule is CCOC(=O)c1c(C(F)(F)F)nc(C(F)(F)Cl)c(C(=O)OC)c1-n1ccnc1. The summed E-state index contributed by atoms with van der Waals surface area (Å²) in [5.74, 6) is -3.04. The Hall–Kier alpha value is -2.76. The van der Waals surface area contributed by atoms with Crippen molar-refractivity contribution in [3.63, 3.8) is 0 Å². The minimum absolute atomic E-state index is 0.333. The maximum atomic E-state index is 13.9. The molecule has 0 N–H and O–H groups in total. The maximum Gasteiger partial charge on any atom is 0.434 e. The second-order valence-electron chi connectivity index (χ2n) is 5.09. The van der Waals surface area contributed by atoms with Crippen molar-refractivity contribution < 1.29 is 41.0 Å². The Bertz CT molecular complexity index is 895. The zero-order valence-corrected chi connectivity index (χ0v) is 14.9. The number of ether oxygens (including phenoxy) is 2. The van der Waals surface area contributed by atoms with E-state index in [-0.39, 0.29) is 6.61 Å². The Morgan fingerprint density at radius 2 is 1.75 bits per heavy atom. The first kappa shape index (κ1) is 21.5. The van der Waals surface area contributed by atoms with E-state index in [9.17, 15) is 31.5 Å². The van der Waals surface area contributed by atoms with Crippen molar-refractivity contribution in [1.29, 1.82) is 0 Å². The highest BCUT2D eigenvalue weighted by Crippen LogP contribution is 2.42. The molecule has 28 heavy (non-hydrogen) atoms. The van der Waals surface area contributed by atoms with Gasteiger partial charge in [-0.3, -0.25) is 0 Å². The molecular formula is C15H11ClF5N3O4. The highest BCUT2D eigenvalue weighted by molar-refractivity contribution is 6.22. The smallest absolute Gasteiger partial charge is 0.434 e. The van der Waals surface area contributed by atoms with Crippen LogP contribution in [0.4, 0.5) is 22.0 Å². The summed E-state index contributed by atoms with van der Waals surface area (Å²) in [4.78, 5) is 30.9. The Labute approximate surface area is 159 Å². The summed E-state index contributed by atoms with van der Waals surface area (Å²) in [7, 11) is 0.803. The quantitative estimate of drug-likeness (QED) is 0.412. The first-order valence-corrected chi connectivity index (χ1v) is 7.77. The van der Waals surface area contributed by atoms with Crippen LogP contribution in [0.25, 0.3) is 5.69 Å². The van der Waals surface area contributed by atoms with Gasteiger partial charge >= 0.3 is 23.5 Å². The Morgan fingerprint density at radius 1 is 1.14 bits per heavy atom. The number of methoxy groups -OCH3 is 1. The molecule has 2 heterocycles. The molecule has 7 nitrogen and oxygen atoms in total. The van der Waals surface area contributed by atoms with Crippen molar-refractivity contribution in [2.45, 2.75) is 18.5 Å². The Kier molecular flexibility index (Phi) is 5.92. The van der Waals surface area contributed by atoms with Gasteiger partial charge in [-0.05, 0) is 18.5 Å². The first-order valence-electron chi connectivity index (χ1n) is 7.39. The van der Waals surface area contributed by atoms with Gasteiger partial charge in [0.15, 0.2) is 5.69 Å². The van der Waals surface area contributed by atoms with Crippen LogP contribution in [-0.4, -0.2) is 40.2 Å². The molecule has 2 aromatic heterocycles. The van der Waals surface area contributed by atoms with E-state index in [0.717, 1.165) is 30.4 Å². The normalized spacial score (nSPS) is 12.0. The number of alkyl halides is 6. The molecule has 0 aliphatic rings. The summed E-state index contributed by atoms with van der Waals surface area (Å²) in [6, 6.07) is 0. The molecule has 0 saturated carbocycles. The van der Waals surface area contributed by atoms with Gasteiger partial charge in [0.1, 0.15) is 16.8 Å². The van der Waals surface area contributed by atoms with Crippen molar-refractivity contribution >= 4 is 23.5 Å². The monoisotopic (exact) mass is 427 g/mol. The third kappa shape index (κ3) is 4.06. The lowest BCUT2D eigenvalue weighted by Gasteiger charge is -2.22. The predicted octanol–water partition coefficient (Wildman–Crippen LogP) is 3.54. The van der Waals surface area contributed by atoms with Crippen LogP contribution in [-0.2, 0) is 21.0 Å². The van der Waals surface area contributed by atoms with E-state index in [4.69, 9.17) is 11.6 Å². The number of esters is 2. The predicted molar refractivity (Wildman–Crippen MR) is 83.4 cm³/mol. The van der Waals surface area contributed by atoms with Crippen molar-refractivity contribution in [2.24, 2.45) is 0 Å². The average molecular weight is 428 g/mol. The van der Waals surface area contributed by atoms with Crippen LogP contribution < -0.4 is 0 Å². The topological polar surface area (TPSA) is 83.3 Å². The highest BCUT2D eigenvalue weighted by Gasteiger charge is 2.47. The minimum Gasteiger partial charge on any atom is -0.465 e. The molecule has 0 unspecified atom stereocenters. The summed E-state index contributed by atoms with van der Waals surface area (Å²) >= 11 is 4.90. The fraction of sp³-hybridized carbons (Fsp3) is 0.333. The van der Waals surface area contributed by atoms with E-state index >= 15 is 0 Å². The molecule has 13 heteroatoms. The summed E-state index contributed by atoms with van der Waals surface area (Å²) in [6.45, 7) is 0.985. The van der Waals surface area contributed by atoms with E-state index < -0.39 is 51.7 Å². The number of carbonyl (C=O) groups excluding carboxylic acids is 2. The lowest BCUT2D eigenvalue weighted by molar-refractivity contribution is -0.142. The molecule has 0 saturated heterocycles. The standard InChI is InChI=1S/C15H11ClF5N3O4/c1-3-28-13(26)8-9(24-5-4-22-6-24)7(12(25)27-2)10(14(16,17)18)23-11(8)15(19,20)21/h4-6H,3H2,1-2H3. The van der Waals surface area contributed by atoms with E-state index in [1.165, 1.54) is 6.92 Å². The van der Waals surface area contributed by atoms with Crippen molar-refractivity contribution in [3.8, 4) is 5.69 Å². The third-order valence-electron chi connectivity index (χ3n) is 3.34. The van der Waals surface area contributed by atoms with Crippen LogP contribution >= 0.6 is 11.6 Å². The maximum absolute atomic E-state index is 13.9. The molecule has 0 aromatic carbocycles. The fourth-order valence-corrected chi connectivity index (χ4v) is 2.46. The number of aromatic nitrogens is 3. The molecule has 2 aromatic rings. The molecule has 0 atom stereocenters. The number of pyridine rings is 1. The molecule has 0 radical (unpaired) electrons. The van der Waals surface area contributed by atoms with Gasteiger partial charge in [0.05, 0.1) is 25.7 Å². The van der Waals surface area contributed by atoms with Crippen LogP contribution in [0.5, 0.6) is 0 Å². The van der Waals surface area contributed by atoms with Gasteiger partial charge in [0, 0.05) is 12.4 Å². The Balaban J connectivity index is 3.12. The second kappa shape index (κ2) is 7.70. The molecule has 2 rings (SSSR count). The third-order valence-corrected chi connectivity index (χ3v) is 3.52. The van der Waals surface area contributed by atoms with Gasteiger partial charge in [0.2, 0.25) is 0 Å². The van der Waals surface area contributed by atoms with Crippen LogP contribution in [0.2, 0.25) is 0 Å². The van der Waals surface area contributed by atoms with E-state index in [1.807, 2.05) is 0 Å². The minimum atomic E-state index is -5.36. The number of rotatable bonds is 5. The molecular weight excluding hydrogens is 417 g/mol. The van der Waals surface area contributed by atoms with E-state index in [0.29, 0.717) is 0 Å². The van der Waals surface area contributed by atoms with Gasteiger partial charge in [-0.25, -0.2) is 19.6 Å². The summed E-state index contributed by atoms with van der Waals surface area (Å²) in [5, 5.41) is -4.49. The van der Waals surface area contributed by atoms with Crippen LogP contribution in [0.1, 0.15) is 39.0 Å². The molecule has 0 bridgehead atoms. The molecule has 0 aliphatic heterocycles. The van der Waals surface area contributed by atoms with E-state index in [1.54, 1.807) is 0 Å². The second-order valence-corrected chi connectivity index (χ2v) is 5.56. The summed E-state index contributed by atoms with van der Waals surface area (Å²) < 4.78 is 78.2. The number of nitrogens with zero attached hydrogens (tertiary/aromatic N) is 3. The first-order chi connectivity index (χ1) is 12.9. The van der Waals surface area contributed by atoms with Crippen LogP contribution in [0.3, 0.4) is 0 Å². The van der Waals surface area contributed by atoms with Gasteiger partial charge in [0.25, 0.3) is 0 Å². The Morgan fingerprint density at radius 3 is 2.18 bits per heavy atom. The van der Waals surface area contributed by atoms with Crippen LogP contribution in [0.15, 0.2) is 18.7 Å². The van der Waals surface area contributed by atoms with Crippen LogP contribution in [0, 0.1) is 0 Å². The number of carbonyl (C=O) groups is 2. The molecule has 152 valence electrons. The largest absolute Gasteiger partial charge is 0.465 e. The molecule has 0 aliphatic carbocycles. The summed E-state index contributed by atoms with van der Waals surface area (Å²) in [6.07, 6.45) is -2.35. The number of imidazole rings is 1. The zero-order chi connectivity index (χ0) is 21.3. The average Bonchev–Trinajstić information content (AvgIpc) is 3.12. The van der Waals surface area contributed by atoms with Crippen molar-refractivity contribution in [3.05, 3.63) is 41.2 Å². The number of hydrogen-bond acceptors (Lipinski definition) is 6. The molecule has 0 amide bonds. The lowest BCUT2D eigenvalue weighted by atomic mass is 10.0. The van der Waals surface area contributed by atoms with Gasteiger partial charge in [-0.2, -0.15) is 22.0 Å². The van der Waals surface area contributed by atoms with E-state index in [2.05, 4.69) is 19.4 Å². The summed E-state index contributed by atoms with van der Waals surface area (Å²) in [5.41, 5.74) is -7.04. The molecule has 0 spiro atoms. The van der Waals surface area contributed by atoms with Gasteiger partial charge in [-0.15, -0.1) is 0 Å². The van der Waals surface area contributed by atoms with Gasteiger partial charge < -0.3 is 14.0 Å².